The number of benzene rings is 1. The lowest BCUT2D eigenvalue weighted by atomic mass is 10.1. The standard InChI is InChI=1S/C19H26N4O3/c1-2-11-25-16-9-6-10-23(14-16)19(24)20-13-18-21-17(22-26-18)12-15-7-4-3-5-8-15/h3-5,7-8,16H,2,6,9-14H2,1H3,(H,20,24)/t16-/m0/s1. The number of aromatic nitrogens is 2. The number of rotatable bonds is 7. The SMILES string of the molecule is CCCO[C@H]1CCCN(C(=O)NCc2nc(Cc3ccccc3)no2)C1. The normalized spacial score (nSPS) is 17.3. The van der Waals surface area contributed by atoms with Gasteiger partial charge in [-0.3, -0.25) is 0 Å². The van der Waals surface area contributed by atoms with Crippen molar-refractivity contribution in [3.05, 3.63) is 47.6 Å². The zero-order chi connectivity index (χ0) is 18.2. The minimum absolute atomic E-state index is 0.113. The highest BCUT2D eigenvalue weighted by Crippen LogP contribution is 2.14. The molecule has 2 amide bonds. The first kappa shape index (κ1) is 18.4. The van der Waals surface area contributed by atoms with E-state index in [9.17, 15) is 4.79 Å². The van der Waals surface area contributed by atoms with Gasteiger partial charge in [-0.2, -0.15) is 4.98 Å². The van der Waals surface area contributed by atoms with Gasteiger partial charge in [0, 0.05) is 26.1 Å². The second kappa shape index (κ2) is 9.33. The van der Waals surface area contributed by atoms with Gasteiger partial charge in [0.25, 0.3) is 0 Å². The van der Waals surface area contributed by atoms with Crippen molar-refractivity contribution in [2.75, 3.05) is 19.7 Å². The van der Waals surface area contributed by atoms with E-state index in [1.165, 1.54) is 0 Å². The Hall–Kier alpha value is -2.41. The molecule has 2 heterocycles. The summed E-state index contributed by atoms with van der Waals surface area (Å²) < 4.78 is 11.0. The van der Waals surface area contributed by atoms with Crippen molar-refractivity contribution < 1.29 is 14.1 Å². The van der Waals surface area contributed by atoms with Crippen LogP contribution < -0.4 is 5.32 Å². The second-order valence-electron chi connectivity index (χ2n) is 6.51. The summed E-state index contributed by atoms with van der Waals surface area (Å²) in [6.45, 7) is 4.45. The number of nitrogens with one attached hydrogen (secondary N) is 1. The molecule has 1 aromatic carbocycles. The van der Waals surface area contributed by atoms with Crippen molar-refractivity contribution in [3.8, 4) is 0 Å². The van der Waals surface area contributed by atoms with E-state index in [0.29, 0.717) is 24.7 Å². The lowest BCUT2D eigenvalue weighted by Crippen LogP contribution is -2.47. The van der Waals surface area contributed by atoms with Gasteiger partial charge >= 0.3 is 6.03 Å². The van der Waals surface area contributed by atoms with Gasteiger partial charge < -0.3 is 19.5 Å². The topological polar surface area (TPSA) is 80.5 Å². The maximum Gasteiger partial charge on any atom is 0.317 e. The highest BCUT2D eigenvalue weighted by molar-refractivity contribution is 5.74. The molecule has 0 aliphatic carbocycles. The van der Waals surface area contributed by atoms with Gasteiger partial charge in [-0.1, -0.05) is 42.4 Å². The molecule has 1 aliphatic heterocycles. The van der Waals surface area contributed by atoms with Crippen LogP contribution in [0.4, 0.5) is 4.79 Å². The fourth-order valence-electron chi connectivity index (χ4n) is 3.02. The van der Waals surface area contributed by atoms with Gasteiger partial charge in [0.2, 0.25) is 5.89 Å². The van der Waals surface area contributed by atoms with E-state index >= 15 is 0 Å². The molecule has 2 aromatic rings. The lowest BCUT2D eigenvalue weighted by Gasteiger charge is -2.32. The summed E-state index contributed by atoms with van der Waals surface area (Å²) in [4.78, 5) is 18.5. The van der Waals surface area contributed by atoms with Gasteiger partial charge in [0.1, 0.15) is 0 Å². The molecule has 7 nitrogen and oxygen atoms in total. The summed E-state index contributed by atoms with van der Waals surface area (Å²) in [5, 5.41) is 6.83. The molecule has 1 saturated heterocycles. The number of ether oxygens (including phenoxy) is 1. The number of likely N-dealkylation sites (tertiary alicyclic amines) is 1. The molecule has 3 rings (SSSR count). The van der Waals surface area contributed by atoms with Crippen molar-refractivity contribution in [1.82, 2.24) is 20.4 Å². The zero-order valence-electron chi connectivity index (χ0n) is 15.2. The fraction of sp³-hybridized carbons (Fsp3) is 0.526. The number of hydrogen-bond donors (Lipinski definition) is 1. The van der Waals surface area contributed by atoms with Crippen LogP contribution in [0, 0.1) is 0 Å². The molecule has 26 heavy (non-hydrogen) atoms. The molecule has 0 saturated carbocycles. The van der Waals surface area contributed by atoms with E-state index in [2.05, 4.69) is 22.4 Å². The second-order valence-corrected chi connectivity index (χ2v) is 6.51. The molecule has 140 valence electrons. The zero-order valence-corrected chi connectivity index (χ0v) is 15.2. The lowest BCUT2D eigenvalue weighted by molar-refractivity contribution is 0.00995. The van der Waals surface area contributed by atoms with Crippen LogP contribution in [-0.2, 0) is 17.7 Å². The van der Waals surface area contributed by atoms with Crippen LogP contribution >= 0.6 is 0 Å². The van der Waals surface area contributed by atoms with Crippen LogP contribution in [0.25, 0.3) is 0 Å². The number of carbonyl (C=O) groups excluding carboxylic acids is 1. The highest BCUT2D eigenvalue weighted by Gasteiger charge is 2.24. The fourth-order valence-corrected chi connectivity index (χ4v) is 3.02. The molecule has 1 fully saturated rings. The van der Waals surface area contributed by atoms with Gasteiger partial charge in [-0.25, -0.2) is 4.79 Å². The van der Waals surface area contributed by atoms with Crippen LogP contribution in [0.3, 0.4) is 0 Å². The van der Waals surface area contributed by atoms with Crippen LogP contribution in [0.2, 0.25) is 0 Å². The molecule has 0 bridgehead atoms. The Labute approximate surface area is 153 Å². The third-order valence-electron chi connectivity index (χ3n) is 4.33. The first-order valence-corrected chi connectivity index (χ1v) is 9.24. The quantitative estimate of drug-likeness (QED) is 0.823. The number of nitrogens with zero attached hydrogens (tertiary/aromatic N) is 3. The van der Waals surface area contributed by atoms with Crippen molar-refractivity contribution in [2.45, 2.75) is 45.3 Å². The Kier molecular flexibility index (Phi) is 6.60. The number of urea groups is 1. The third kappa shape index (κ3) is 5.29. The largest absolute Gasteiger partial charge is 0.376 e. The minimum atomic E-state index is -0.113. The van der Waals surface area contributed by atoms with Crippen LogP contribution in [0.1, 0.15) is 43.5 Å². The molecule has 0 radical (unpaired) electrons. The molecule has 1 N–H and O–H groups in total. The summed E-state index contributed by atoms with van der Waals surface area (Å²) in [6, 6.07) is 9.85. The molecule has 1 aromatic heterocycles. The van der Waals surface area contributed by atoms with E-state index < -0.39 is 0 Å². The van der Waals surface area contributed by atoms with E-state index in [-0.39, 0.29) is 18.7 Å². The van der Waals surface area contributed by atoms with Crippen molar-refractivity contribution in [2.24, 2.45) is 0 Å². The van der Waals surface area contributed by atoms with Gasteiger partial charge in [0.15, 0.2) is 5.82 Å². The summed E-state index contributed by atoms with van der Waals surface area (Å²) >= 11 is 0. The highest BCUT2D eigenvalue weighted by atomic mass is 16.5. The summed E-state index contributed by atoms with van der Waals surface area (Å²) in [5.41, 5.74) is 1.12. The summed E-state index contributed by atoms with van der Waals surface area (Å²) in [7, 11) is 0. The minimum Gasteiger partial charge on any atom is -0.376 e. The maximum atomic E-state index is 12.4. The summed E-state index contributed by atoms with van der Waals surface area (Å²) in [5.74, 6) is 1.03. The molecular formula is C19H26N4O3. The number of carbonyl (C=O) groups is 1. The first-order valence-electron chi connectivity index (χ1n) is 9.24. The van der Waals surface area contributed by atoms with Crippen molar-refractivity contribution >= 4 is 6.03 Å². The number of amides is 2. The predicted molar refractivity (Wildman–Crippen MR) is 96.6 cm³/mol. The monoisotopic (exact) mass is 358 g/mol. The molecule has 0 spiro atoms. The average molecular weight is 358 g/mol. The van der Waals surface area contributed by atoms with Crippen LogP contribution in [0.15, 0.2) is 34.9 Å². The van der Waals surface area contributed by atoms with Crippen LogP contribution in [0.5, 0.6) is 0 Å². The number of piperidine rings is 1. The Balaban J connectivity index is 1.45. The van der Waals surface area contributed by atoms with E-state index in [0.717, 1.165) is 38.0 Å². The van der Waals surface area contributed by atoms with Crippen LogP contribution in [-0.4, -0.2) is 46.9 Å². The van der Waals surface area contributed by atoms with E-state index in [1.807, 2.05) is 30.3 Å². The van der Waals surface area contributed by atoms with Gasteiger partial charge in [-0.15, -0.1) is 0 Å². The Morgan fingerprint density at radius 1 is 1.38 bits per heavy atom. The summed E-state index contributed by atoms with van der Waals surface area (Å²) in [6.07, 6.45) is 3.71. The Morgan fingerprint density at radius 3 is 3.04 bits per heavy atom. The first-order chi connectivity index (χ1) is 12.7. The Bertz CT molecular complexity index is 689. The van der Waals surface area contributed by atoms with Crippen molar-refractivity contribution in [1.29, 1.82) is 0 Å². The van der Waals surface area contributed by atoms with Gasteiger partial charge in [0.05, 0.1) is 12.6 Å². The smallest absolute Gasteiger partial charge is 0.317 e. The predicted octanol–water partition coefficient (Wildman–Crippen LogP) is 2.76. The van der Waals surface area contributed by atoms with E-state index in [4.69, 9.17) is 9.26 Å². The van der Waals surface area contributed by atoms with E-state index in [1.54, 1.807) is 4.90 Å². The van der Waals surface area contributed by atoms with Crippen molar-refractivity contribution in [3.63, 3.8) is 0 Å². The number of hydrogen-bond acceptors (Lipinski definition) is 5. The van der Waals surface area contributed by atoms with Gasteiger partial charge in [-0.05, 0) is 24.8 Å². The maximum absolute atomic E-state index is 12.4. The Morgan fingerprint density at radius 2 is 2.23 bits per heavy atom. The molecular weight excluding hydrogens is 332 g/mol. The molecule has 7 heteroatoms. The molecule has 1 aliphatic rings. The molecule has 1 atom stereocenters. The third-order valence-corrected chi connectivity index (χ3v) is 4.33. The molecule has 0 unspecified atom stereocenters. The average Bonchev–Trinajstić information content (AvgIpc) is 3.13.